The van der Waals surface area contributed by atoms with E-state index in [1.54, 1.807) is 6.92 Å². The molecule has 0 bridgehead atoms. The molecule has 6 heteroatoms. The number of carbonyl (C=O) groups excluding carboxylic acids is 1. The molecule has 2 N–H and O–H groups in total. The molecule has 1 amide bonds. The number of nitriles is 1. The lowest BCUT2D eigenvalue weighted by Gasteiger charge is -2.09. The third-order valence-electron chi connectivity index (χ3n) is 1.26. The Morgan fingerprint density at radius 2 is 2.21 bits per heavy atom. The number of thioether (sulfide) groups is 1. The van der Waals surface area contributed by atoms with Gasteiger partial charge in [0.2, 0.25) is 5.91 Å². The second kappa shape index (κ2) is 7.21. The summed E-state index contributed by atoms with van der Waals surface area (Å²) in [4.78, 5) is 21.2. The molecule has 14 heavy (non-hydrogen) atoms. The molecule has 0 heterocycles. The van der Waals surface area contributed by atoms with Crippen LogP contribution in [0.3, 0.4) is 0 Å². The number of amides is 1. The molecule has 0 saturated carbocycles. The van der Waals surface area contributed by atoms with E-state index in [1.807, 2.05) is 6.07 Å². The van der Waals surface area contributed by atoms with E-state index < -0.39 is 5.97 Å². The average Bonchev–Trinajstić information content (AvgIpc) is 2.03. The highest BCUT2D eigenvalue weighted by Crippen LogP contribution is 1.99. The largest absolute Gasteiger partial charge is 0.481 e. The van der Waals surface area contributed by atoms with Crippen molar-refractivity contribution in [2.45, 2.75) is 19.4 Å². The number of hydrogen-bond donors (Lipinski definition) is 2. The molecular weight excluding hydrogens is 204 g/mol. The number of aliphatic carboxylic acids is 1. The van der Waals surface area contributed by atoms with Gasteiger partial charge in [-0.3, -0.25) is 9.59 Å². The van der Waals surface area contributed by atoms with Gasteiger partial charge in [0, 0.05) is 6.04 Å². The zero-order valence-corrected chi connectivity index (χ0v) is 8.63. The summed E-state index contributed by atoms with van der Waals surface area (Å²) >= 11 is 1.04. The number of carboxylic acids is 1. The Hall–Kier alpha value is -1.22. The summed E-state index contributed by atoms with van der Waals surface area (Å²) in [6.45, 7) is 1.73. The van der Waals surface area contributed by atoms with E-state index in [4.69, 9.17) is 10.4 Å². The number of nitrogens with one attached hydrogen (secondary N) is 1. The first-order chi connectivity index (χ1) is 6.56. The average molecular weight is 216 g/mol. The van der Waals surface area contributed by atoms with Crippen LogP contribution in [0.5, 0.6) is 0 Å². The summed E-state index contributed by atoms with van der Waals surface area (Å²) in [6, 6.07) is 1.75. The monoisotopic (exact) mass is 216 g/mol. The Bertz CT molecular complexity index is 249. The van der Waals surface area contributed by atoms with Gasteiger partial charge in [0.25, 0.3) is 0 Å². The van der Waals surface area contributed by atoms with Crippen LogP contribution < -0.4 is 5.32 Å². The number of rotatable bonds is 6. The molecule has 5 nitrogen and oxygen atoms in total. The minimum atomic E-state index is -0.937. The highest BCUT2D eigenvalue weighted by atomic mass is 32.2. The highest BCUT2D eigenvalue weighted by molar-refractivity contribution is 8.00. The van der Waals surface area contributed by atoms with Crippen LogP contribution in [-0.2, 0) is 9.59 Å². The predicted octanol–water partition coefficient (Wildman–Crippen LogP) is 0.223. The van der Waals surface area contributed by atoms with E-state index in [0.29, 0.717) is 0 Å². The van der Waals surface area contributed by atoms with Crippen molar-refractivity contribution < 1.29 is 14.7 Å². The molecule has 0 aliphatic carbocycles. The Morgan fingerprint density at radius 3 is 2.71 bits per heavy atom. The maximum Gasteiger partial charge on any atom is 0.313 e. The van der Waals surface area contributed by atoms with Crippen molar-refractivity contribution in [2.75, 3.05) is 11.5 Å². The van der Waals surface area contributed by atoms with Gasteiger partial charge in [-0.25, -0.2) is 0 Å². The zero-order chi connectivity index (χ0) is 11.0. The van der Waals surface area contributed by atoms with Crippen LogP contribution in [0.2, 0.25) is 0 Å². The van der Waals surface area contributed by atoms with Gasteiger partial charge in [0.15, 0.2) is 0 Å². The van der Waals surface area contributed by atoms with Crippen molar-refractivity contribution in [3.05, 3.63) is 0 Å². The second-order valence-electron chi connectivity index (χ2n) is 2.72. The Labute approximate surface area is 86.5 Å². The molecule has 0 radical (unpaired) electrons. The molecule has 0 aromatic carbocycles. The van der Waals surface area contributed by atoms with Crippen LogP contribution in [0.25, 0.3) is 0 Å². The molecule has 0 aromatic heterocycles. The lowest BCUT2D eigenvalue weighted by molar-refractivity contribution is -0.133. The summed E-state index contributed by atoms with van der Waals surface area (Å²) < 4.78 is 0. The van der Waals surface area contributed by atoms with Gasteiger partial charge < -0.3 is 10.4 Å². The minimum Gasteiger partial charge on any atom is -0.481 e. The van der Waals surface area contributed by atoms with Gasteiger partial charge in [0.05, 0.1) is 24.0 Å². The molecule has 0 aromatic rings. The Balaban J connectivity index is 3.56. The van der Waals surface area contributed by atoms with E-state index in [-0.39, 0.29) is 29.9 Å². The van der Waals surface area contributed by atoms with E-state index in [0.717, 1.165) is 11.8 Å². The van der Waals surface area contributed by atoms with Crippen LogP contribution in [0.4, 0.5) is 0 Å². The molecule has 1 unspecified atom stereocenters. The maximum absolute atomic E-state index is 11.1. The van der Waals surface area contributed by atoms with Crippen molar-refractivity contribution >= 4 is 23.6 Å². The number of nitrogens with zero attached hydrogens (tertiary/aromatic N) is 1. The van der Waals surface area contributed by atoms with Gasteiger partial charge in [0.1, 0.15) is 0 Å². The highest BCUT2D eigenvalue weighted by Gasteiger charge is 2.07. The van der Waals surface area contributed by atoms with E-state index in [9.17, 15) is 9.59 Å². The molecule has 0 aliphatic heterocycles. The van der Waals surface area contributed by atoms with Gasteiger partial charge in [-0.1, -0.05) is 0 Å². The number of carboxylic acid groups (broad SMARTS) is 1. The third-order valence-corrected chi connectivity index (χ3v) is 2.18. The first-order valence-corrected chi connectivity index (χ1v) is 5.17. The quantitative estimate of drug-likeness (QED) is 0.663. The smallest absolute Gasteiger partial charge is 0.313 e. The predicted molar refractivity (Wildman–Crippen MR) is 52.8 cm³/mol. The first kappa shape index (κ1) is 12.8. The van der Waals surface area contributed by atoms with E-state index in [1.165, 1.54) is 0 Å². The van der Waals surface area contributed by atoms with Gasteiger partial charge in [-0.15, -0.1) is 11.8 Å². The normalized spacial score (nSPS) is 11.4. The van der Waals surface area contributed by atoms with E-state index >= 15 is 0 Å². The van der Waals surface area contributed by atoms with Crippen molar-refractivity contribution in [3.8, 4) is 6.07 Å². The van der Waals surface area contributed by atoms with Gasteiger partial charge >= 0.3 is 5.97 Å². The fraction of sp³-hybridized carbons (Fsp3) is 0.625. The second-order valence-corrected chi connectivity index (χ2v) is 3.70. The molecule has 0 rings (SSSR count). The number of carbonyl (C=O) groups is 2. The lowest BCUT2D eigenvalue weighted by atomic mass is 10.2. The maximum atomic E-state index is 11.1. The topological polar surface area (TPSA) is 90.2 Å². The lowest BCUT2D eigenvalue weighted by Crippen LogP contribution is -2.33. The fourth-order valence-corrected chi connectivity index (χ4v) is 1.28. The molecule has 0 aliphatic rings. The molecule has 78 valence electrons. The summed E-state index contributed by atoms with van der Waals surface area (Å²) in [6.07, 6.45) is 0.259. The van der Waals surface area contributed by atoms with Crippen molar-refractivity contribution in [1.82, 2.24) is 5.32 Å². The van der Waals surface area contributed by atoms with E-state index in [2.05, 4.69) is 5.32 Å². The summed E-state index contributed by atoms with van der Waals surface area (Å²) in [5.74, 6) is -1.14. The molecule has 0 spiro atoms. The summed E-state index contributed by atoms with van der Waals surface area (Å²) in [5.41, 5.74) is 0. The van der Waals surface area contributed by atoms with Crippen LogP contribution in [0.1, 0.15) is 13.3 Å². The molecule has 0 saturated heterocycles. The summed E-state index contributed by atoms with van der Waals surface area (Å²) in [7, 11) is 0. The van der Waals surface area contributed by atoms with Crippen LogP contribution in [-0.4, -0.2) is 34.5 Å². The van der Waals surface area contributed by atoms with Crippen molar-refractivity contribution in [1.29, 1.82) is 5.26 Å². The van der Waals surface area contributed by atoms with Crippen LogP contribution >= 0.6 is 11.8 Å². The Morgan fingerprint density at radius 1 is 1.57 bits per heavy atom. The summed E-state index contributed by atoms with van der Waals surface area (Å²) in [5, 5.41) is 19.2. The zero-order valence-electron chi connectivity index (χ0n) is 7.82. The number of hydrogen-bond acceptors (Lipinski definition) is 4. The third kappa shape index (κ3) is 7.43. The van der Waals surface area contributed by atoms with Crippen molar-refractivity contribution in [3.63, 3.8) is 0 Å². The Kier molecular flexibility index (Phi) is 6.58. The molecule has 1 atom stereocenters. The molecular formula is C8H12N2O3S. The van der Waals surface area contributed by atoms with Crippen LogP contribution in [0.15, 0.2) is 0 Å². The van der Waals surface area contributed by atoms with Gasteiger partial charge in [-0.05, 0) is 6.92 Å². The SMILES string of the molecule is CC(CC#N)NC(=O)CSCC(=O)O. The minimum absolute atomic E-state index is 0.0833. The molecule has 0 fully saturated rings. The first-order valence-electron chi connectivity index (χ1n) is 4.02. The van der Waals surface area contributed by atoms with Crippen LogP contribution in [0, 0.1) is 11.3 Å². The van der Waals surface area contributed by atoms with Gasteiger partial charge in [-0.2, -0.15) is 5.26 Å². The van der Waals surface area contributed by atoms with Crippen molar-refractivity contribution in [2.24, 2.45) is 0 Å². The fourth-order valence-electron chi connectivity index (χ4n) is 0.735. The standard InChI is InChI=1S/C8H12N2O3S/c1-6(2-3-9)10-7(11)4-14-5-8(12)13/h6H,2,4-5H2,1H3,(H,10,11)(H,12,13).